The average molecular weight is 306 g/mol. The van der Waals surface area contributed by atoms with E-state index in [1.54, 1.807) is 0 Å². The third kappa shape index (κ3) is 4.04. The third-order valence-corrected chi connectivity index (χ3v) is 6.27. The van der Waals surface area contributed by atoms with E-state index in [1.165, 1.54) is 44.9 Å². The molecular weight excluding hydrogens is 272 g/mol. The number of hydrogen-bond acceptors (Lipinski definition) is 2. The lowest BCUT2D eigenvalue weighted by molar-refractivity contribution is -0.128. The van der Waals surface area contributed by atoms with E-state index in [-0.39, 0.29) is 5.92 Å². The molecule has 2 aliphatic heterocycles. The maximum atomic E-state index is 12.8. The topological polar surface area (TPSA) is 41.1 Å². The standard InChI is InChI=1S/C19H34N2O/c1-13(2)18(10-14-6-4-3-5-7-14)19(22)21-17-11-15-8-9-16(12-17)20-15/h13-18,20H,3-12H2,1-2H3,(H,21,22). The lowest BCUT2D eigenvalue weighted by atomic mass is 9.79. The second-order valence-corrected chi connectivity index (χ2v) is 8.41. The van der Waals surface area contributed by atoms with Crippen molar-refractivity contribution in [3.05, 3.63) is 0 Å². The number of rotatable bonds is 5. The van der Waals surface area contributed by atoms with Crippen molar-refractivity contribution in [3.63, 3.8) is 0 Å². The largest absolute Gasteiger partial charge is 0.353 e. The highest BCUT2D eigenvalue weighted by molar-refractivity contribution is 5.79. The van der Waals surface area contributed by atoms with Crippen molar-refractivity contribution in [2.45, 2.75) is 96.2 Å². The zero-order valence-electron chi connectivity index (χ0n) is 14.4. The Morgan fingerprint density at radius 3 is 2.27 bits per heavy atom. The normalized spacial score (nSPS) is 33.9. The van der Waals surface area contributed by atoms with Crippen molar-refractivity contribution in [2.24, 2.45) is 17.8 Å². The van der Waals surface area contributed by atoms with E-state index in [1.807, 2.05) is 0 Å². The molecule has 2 bridgehead atoms. The quantitative estimate of drug-likeness (QED) is 0.814. The Balaban J connectivity index is 1.53. The van der Waals surface area contributed by atoms with Gasteiger partial charge in [-0.1, -0.05) is 46.0 Å². The van der Waals surface area contributed by atoms with Gasteiger partial charge >= 0.3 is 0 Å². The second kappa shape index (κ2) is 7.33. The number of carbonyl (C=O) groups is 1. The molecule has 3 atom stereocenters. The van der Waals surface area contributed by atoms with Crippen molar-refractivity contribution in [1.29, 1.82) is 0 Å². The van der Waals surface area contributed by atoms with Crippen LogP contribution in [0.3, 0.4) is 0 Å². The smallest absolute Gasteiger partial charge is 0.223 e. The van der Waals surface area contributed by atoms with Crippen molar-refractivity contribution in [1.82, 2.24) is 10.6 Å². The molecule has 0 spiro atoms. The van der Waals surface area contributed by atoms with E-state index in [0.29, 0.717) is 30.0 Å². The average Bonchev–Trinajstić information content (AvgIpc) is 2.84. The van der Waals surface area contributed by atoms with Gasteiger partial charge < -0.3 is 10.6 Å². The van der Waals surface area contributed by atoms with Crippen LogP contribution in [0, 0.1) is 17.8 Å². The Kier molecular flexibility index (Phi) is 5.43. The van der Waals surface area contributed by atoms with Gasteiger partial charge in [-0.3, -0.25) is 4.79 Å². The van der Waals surface area contributed by atoms with E-state index in [4.69, 9.17) is 0 Å². The van der Waals surface area contributed by atoms with Gasteiger partial charge in [0.1, 0.15) is 0 Å². The van der Waals surface area contributed by atoms with Crippen LogP contribution < -0.4 is 10.6 Å². The van der Waals surface area contributed by atoms with E-state index in [2.05, 4.69) is 24.5 Å². The van der Waals surface area contributed by atoms with E-state index in [9.17, 15) is 4.79 Å². The van der Waals surface area contributed by atoms with Crippen LogP contribution >= 0.6 is 0 Å². The molecule has 1 amide bonds. The molecule has 2 heterocycles. The number of fused-ring (bicyclic) bond motifs is 2. The molecule has 126 valence electrons. The highest BCUT2D eigenvalue weighted by Crippen LogP contribution is 2.32. The summed E-state index contributed by atoms with van der Waals surface area (Å²) in [6.07, 6.45) is 12.8. The molecule has 0 radical (unpaired) electrons. The summed E-state index contributed by atoms with van der Waals surface area (Å²) in [5.41, 5.74) is 0. The van der Waals surface area contributed by atoms with Gasteiger partial charge in [-0.05, 0) is 43.9 Å². The minimum absolute atomic E-state index is 0.218. The van der Waals surface area contributed by atoms with Crippen LogP contribution in [-0.2, 0) is 4.79 Å². The molecule has 3 fully saturated rings. The summed E-state index contributed by atoms with van der Waals surface area (Å²) in [6, 6.07) is 1.72. The SMILES string of the molecule is CC(C)C(CC1CCCCC1)C(=O)NC1CC2CCC(C1)N2. The summed E-state index contributed by atoms with van der Waals surface area (Å²) in [6.45, 7) is 4.44. The van der Waals surface area contributed by atoms with Crippen molar-refractivity contribution in [3.8, 4) is 0 Å². The zero-order valence-corrected chi connectivity index (χ0v) is 14.4. The van der Waals surface area contributed by atoms with Crippen LogP contribution in [0.25, 0.3) is 0 Å². The summed E-state index contributed by atoms with van der Waals surface area (Å²) in [4.78, 5) is 12.8. The highest BCUT2D eigenvalue weighted by Gasteiger charge is 2.35. The monoisotopic (exact) mass is 306 g/mol. The maximum absolute atomic E-state index is 12.8. The van der Waals surface area contributed by atoms with Gasteiger partial charge in [-0.25, -0.2) is 0 Å². The number of piperidine rings is 1. The van der Waals surface area contributed by atoms with Crippen LogP contribution in [0.15, 0.2) is 0 Å². The Morgan fingerprint density at radius 2 is 1.68 bits per heavy atom. The van der Waals surface area contributed by atoms with Gasteiger partial charge in [0, 0.05) is 24.0 Å². The Hall–Kier alpha value is -0.570. The minimum atomic E-state index is 0.218. The molecule has 3 aliphatic rings. The molecule has 3 heteroatoms. The Morgan fingerprint density at radius 1 is 1.05 bits per heavy atom. The van der Waals surface area contributed by atoms with Crippen LogP contribution in [0.2, 0.25) is 0 Å². The van der Waals surface area contributed by atoms with Crippen molar-refractivity contribution < 1.29 is 4.79 Å². The number of carbonyl (C=O) groups excluding carboxylic acids is 1. The summed E-state index contributed by atoms with van der Waals surface area (Å²) in [7, 11) is 0. The summed E-state index contributed by atoms with van der Waals surface area (Å²) >= 11 is 0. The lowest BCUT2D eigenvalue weighted by Gasteiger charge is -2.33. The summed E-state index contributed by atoms with van der Waals surface area (Å²) in [5, 5.41) is 7.07. The first kappa shape index (κ1) is 16.3. The first-order chi connectivity index (χ1) is 10.6. The molecule has 0 aromatic rings. The van der Waals surface area contributed by atoms with Crippen molar-refractivity contribution in [2.75, 3.05) is 0 Å². The molecule has 0 aromatic heterocycles. The maximum Gasteiger partial charge on any atom is 0.223 e. The fourth-order valence-electron chi connectivity index (χ4n) is 4.95. The highest BCUT2D eigenvalue weighted by atomic mass is 16.2. The molecule has 2 saturated heterocycles. The molecule has 0 aromatic carbocycles. The van der Waals surface area contributed by atoms with Gasteiger partial charge in [0.25, 0.3) is 0 Å². The van der Waals surface area contributed by atoms with Crippen LogP contribution in [0.4, 0.5) is 0 Å². The first-order valence-corrected chi connectivity index (χ1v) is 9.68. The number of hydrogen-bond donors (Lipinski definition) is 2. The van der Waals surface area contributed by atoms with Crippen molar-refractivity contribution >= 4 is 5.91 Å². The zero-order chi connectivity index (χ0) is 15.5. The molecule has 2 N–H and O–H groups in total. The van der Waals surface area contributed by atoms with Gasteiger partial charge in [-0.15, -0.1) is 0 Å². The minimum Gasteiger partial charge on any atom is -0.353 e. The van der Waals surface area contributed by atoms with Crippen LogP contribution in [0.5, 0.6) is 0 Å². The van der Waals surface area contributed by atoms with E-state index >= 15 is 0 Å². The fourth-order valence-corrected chi connectivity index (χ4v) is 4.95. The molecule has 3 nitrogen and oxygen atoms in total. The fraction of sp³-hybridized carbons (Fsp3) is 0.947. The molecule has 1 aliphatic carbocycles. The number of amides is 1. The van der Waals surface area contributed by atoms with Gasteiger partial charge in [0.15, 0.2) is 0 Å². The van der Waals surface area contributed by atoms with E-state index in [0.717, 1.165) is 25.2 Å². The lowest BCUT2D eigenvalue weighted by Crippen LogP contribution is -2.50. The van der Waals surface area contributed by atoms with Gasteiger partial charge in [0.2, 0.25) is 5.91 Å². The van der Waals surface area contributed by atoms with Crippen LogP contribution in [-0.4, -0.2) is 24.0 Å². The molecule has 3 rings (SSSR count). The third-order valence-electron chi connectivity index (χ3n) is 6.27. The second-order valence-electron chi connectivity index (χ2n) is 8.41. The van der Waals surface area contributed by atoms with Gasteiger partial charge in [-0.2, -0.15) is 0 Å². The van der Waals surface area contributed by atoms with Crippen LogP contribution in [0.1, 0.15) is 78.1 Å². The molecule has 3 unspecified atom stereocenters. The summed E-state index contributed by atoms with van der Waals surface area (Å²) in [5.74, 6) is 1.80. The Bertz CT molecular complexity index is 364. The molecule has 22 heavy (non-hydrogen) atoms. The summed E-state index contributed by atoms with van der Waals surface area (Å²) < 4.78 is 0. The predicted octanol–water partition coefficient (Wildman–Crippen LogP) is 3.63. The van der Waals surface area contributed by atoms with Gasteiger partial charge in [0.05, 0.1) is 0 Å². The van der Waals surface area contributed by atoms with E-state index < -0.39 is 0 Å². The molecular formula is C19H34N2O. The predicted molar refractivity (Wildman–Crippen MR) is 90.6 cm³/mol. The number of nitrogens with one attached hydrogen (secondary N) is 2. The Labute approximate surface area is 136 Å². The molecule has 1 saturated carbocycles. The first-order valence-electron chi connectivity index (χ1n) is 9.68.